The molecule has 0 aliphatic carbocycles. The summed E-state index contributed by atoms with van der Waals surface area (Å²) in [5.74, 6) is -0.580. The summed E-state index contributed by atoms with van der Waals surface area (Å²) in [6.45, 7) is 0. The van der Waals surface area contributed by atoms with Crippen molar-refractivity contribution in [3.8, 4) is 0 Å². The normalized spacial score (nSPS) is 10.9. The number of rotatable bonds is 3. The first-order valence-electron chi connectivity index (χ1n) is 6.53. The Morgan fingerprint density at radius 1 is 1.18 bits per heavy atom. The van der Waals surface area contributed by atoms with Gasteiger partial charge in [0.1, 0.15) is 5.82 Å². The molecule has 0 aliphatic rings. The number of hydrogen-bond acceptors (Lipinski definition) is 1. The molecule has 3 nitrogen and oxygen atoms in total. The van der Waals surface area contributed by atoms with Gasteiger partial charge in [0.25, 0.3) is 0 Å². The van der Waals surface area contributed by atoms with Gasteiger partial charge in [-0.05, 0) is 42.0 Å². The Hall–Kier alpha value is -2.04. The number of H-pyrrole nitrogens is 1. The maximum Gasteiger partial charge on any atom is 0.228 e. The quantitative estimate of drug-likeness (QED) is 0.709. The smallest absolute Gasteiger partial charge is 0.228 e. The first-order valence-corrected chi connectivity index (χ1v) is 7.29. The van der Waals surface area contributed by atoms with Crippen LogP contribution in [0.1, 0.15) is 5.56 Å². The molecule has 0 atom stereocenters. The molecular weight excluding hydrogens is 326 g/mol. The Morgan fingerprint density at radius 2 is 2.00 bits per heavy atom. The number of aromatic nitrogens is 1. The van der Waals surface area contributed by atoms with Gasteiger partial charge >= 0.3 is 0 Å². The van der Waals surface area contributed by atoms with Gasteiger partial charge in [-0.3, -0.25) is 4.79 Å². The van der Waals surface area contributed by atoms with Crippen LogP contribution in [0.3, 0.4) is 0 Å². The Balaban J connectivity index is 1.79. The highest BCUT2D eigenvalue weighted by atomic mass is 35.5. The van der Waals surface area contributed by atoms with E-state index in [2.05, 4.69) is 10.3 Å². The van der Waals surface area contributed by atoms with Gasteiger partial charge in [-0.15, -0.1) is 0 Å². The molecule has 2 aromatic carbocycles. The first-order chi connectivity index (χ1) is 10.5. The lowest BCUT2D eigenvalue weighted by molar-refractivity contribution is -0.115. The summed E-state index contributed by atoms with van der Waals surface area (Å²) in [5.41, 5.74) is 1.99. The molecule has 3 rings (SSSR count). The third kappa shape index (κ3) is 3.08. The molecule has 0 unspecified atom stereocenters. The van der Waals surface area contributed by atoms with E-state index in [0.29, 0.717) is 21.1 Å². The maximum atomic E-state index is 13.3. The molecule has 0 bridgehead atoms. The van der Waals surface area contributed by atoms with E-state index in [-0.39, 0.29) is 18.1 Å². The summed E-state index contributed by atoms with van der Waals surface area (Å²) in [5, 5.41) is 4.27. The number of amides is 1. The van der Waals surface area contributed by atoms with Gasteiger partial charge in [0.15, 0.2) is 0 Å². The van der Waals surface area contributed by atoms with Gasteiger partial charge in [0, 0.05) is 22.1 Å². The van der Waals surface area contributed by atoms with Crippen LogP contribution < -0.4 is 5.32 Å². The molecule has 0 saturated carbocycles. The third-order valence-electron chi connectivity index (χ3n) is 3.29. The summed E-state index contributed by atoms with van der Waals surface area (Å²) in [7, 11) is 0. The average Bonchev–Trinajstić information content (AvgIpc) is 2.84. The zero-order valence-electron chi connectivity index (χ0n) is 11.3. The maximum absolute atomic E-state index is 13.3. The van der Waals surface area contributed by atoms with E-state index in [4.69, 9.17) is 23.2 Å². The molecule has 0 fully saturated rings. The third-order valence-corrected chi connectivity index (χ3v) is 3.83. The minimum absolute atomic E-state index is 0.114. The van der Waals surface area contributed by atoms with E-state index >= 15 is 0 Å². The van der Waals surface area contributed by atoms with Gasteiger partial charge in [-0.2, -0.15) is 0 Å². The van der Waals surface area contributed by atoms with E-state index < -0.39 is 0 Å². The van der Waals surface area contributed by atoms with Crippen LogP contribution in [0.4, 0.5) is 10.1 Å². The van der Waals surface area contributed by atoms with Crippen LogP contribution in [-0.4, -0.2) is 10.9 Å². The standard InChI is InChI=1S/C16H11Cl2FN2O/c17-10-1-3-15(13(18)6-10)21-16(22)5-9-8-20-14-4-2-11(19)7-12(9)14/h1-4,6-8,20H,5H2,(H,21,22). The number of carbonyl (C=O) groups is 1. The number of anilines is 1. The molecule has 112 valence electrons. The van der Waals surface area contributed by atoms with Crippen molar-refractivity contribution in [3.05, 3.63) is 64.0 Å². The second-order valence-corrected chi connectivity index (χ2v) is 5.70. The molecule has 1 amide bonds. The number of hydrogen-bond donors (Lipinski definition) is 2. The topological polar surface area (TPSA) is 44.9 Å². The van der Waals surface area contributed by atoms with Crippen molar-refractivity contribution in [1.29, 1.82) is 0 Å². The van der Waals surface area contributed by atoms with Crippen LogP contribution in [0.5, 0.6) is 0 Å². The van der Waals surface area contributed by atoms with Crippen LogP contribution >= 0.6 is 23.2 Å². The number of fused-ring (bicyclic) bond motifs is 1. The van der Waals surface area contributed by atoms with Gasteiger partial charge < -0.3 is 10.3 Å². The Kier molecular flexibility index (Phi) is 4.05. The van der Waals surface area contributed by atoms with Crippen molar-refractivity contribution in [2.24, 2.45) is 0 Å². The van der Waals surface area contributed by atoms with E-state index in [1.807, 2.05) is 0 Å². The first kappa shape index (κ1) is 14.9. The van der Waals surface area contributed by atoms with Crippen LogP contribution in [0.2, 0.25) is 10.0 Å². The minimum atomic E-state index is -0.338. The van der Waals surface area contributed by atoms with Crippen molar-refractivity contribution >= 4 is 45.7 Å². The summed E-state index contributed by atoms with van der Waals surface area (Å²) in [6, 6.07) is 9.25. The van der Waals surface area contributed by atoms with Crippen molar-refractivity contribution in [3.63, 3.8) is 0 Å². The number of aromatic amines is 1. The number of halogens is 3. The number of carbonyl (C=O) groups excluding carboxylic acids is 1. The van der Waals surface area contributed by atoms with Crippen LogP contribution in [0.25, 0.3) is 10.9 Å². The second-order valence-electron chi connectivity index (χ2n) is 4.85. The molecule has 0 spiro atoms. The lowest BCUT2D eigenvalue weighted by Crippen LogP contribution is -2.14. The van der Waals surface area contributed by atoms with Crippen molar-refractivity contribution in [2.45, 2.75) is 6.42 Å². The van der Waals surface area contributed by atoms with Crippen LogP contribution in [0.15, 0.2) is 42.6 Å². The molecule has 0 saturated heterocycles. The zero-order valence-corrected chi connectivity index (χ0v) is 12.8. The van der Waals surface area contributed by atoms with Crippen molar-refractivity contribution in [2.75, 3.05) is 5.32 Å². The summed E-state index contributed by atoms with van der Waals surface area (Å²) < 4.78 is 13.3. The molecule has 3 aromatic rings. The molecular formula is C16H11Cl2FN2O. The summed E-state index contributed by atoms with van der Waals surface area (Å²) >= 11 is 11.8. The van der Waals surface area contributed by atoms with Gasteiger partial charge in [0.2, 0.25) is 5.91 Å². The zero-order chi connectivity index (χ0) is 15.7. The molecule has 0 radical (unpaired) electrons. The predicted octanol–water partition coefficient (Wildman–Crippen LogP) is 4.80. The second kappa shape index (κ2) is 5.99. The van der Waals surface area contributed by atoms with Gasteiger partial charge in [-0.25, -0.2) is 4.39 Å². The van der Waals surface area contributed by atoms with Gasteiger partial charge in [-0.1, -0.05) is 23.2 Å². The molecule has 0 aliphatic heterocycles. The van der Waals surface area contributed by atoms with E-state index in [0.717, 1.165) is 11.1 Å². The molecule has 2 N–H and O–H groups in total. The highest BCUT2D eigenvalue weighted by Gasteiger charge is 2.11. The van der Waals surface area contributed by atoms with Crippen LogP contribution in [0, 0.1) is 5.82 Å². The van der Waals surface area contributed by atoms with E-state index in [9.17, 15) is 9.18 Å². The highest BCUT2D eigenvalue weighted by Crippen LogP contribution is 2.26. The van der Waals surface area contributed by atoms with Crippen molar-refractivity contribution in [1.82, 2.24) is 4.98 Å². The summed E-state index contributed by atoms with van der Waals surface area (Å²) in [4.78, 5) is 15.1. The molecule has 1 aromatic heterocycles. The lowest BCUT2D eigenvalue weighted by Gasteiger charge is -2.07. The Bertz CT molecular complexity index is 860. The summed E-state index contributed by atoms with van der Waals surface area (Å²) in [6.07, 6.45) is 1.82. The number of benzene rings is 2. The van der Waals surface area contributed by atoms with Gasteiger partial charge in [0.05, 0.1) is 17.1 Å². The fourth-order valence-corrected chi connectivity index (χ4v) is 2.71. The number of nitrogens with one attached hydrogen (secondary N) is 2. The largest absolute Gasteiger partial charge is 0.361 e. The fraction of sp³-hybridized carbons (Fsp3) is 0.0625. The highest BCUT2D eigenvalue weighted by molar-refractivity contribution is 6.36. The molecule has 1 heterocycles. The molecule has 22 heavy (non-hydrogen) atoms. The van der Waals surface area contributed by atoms with Crippen LogP contribution in [-0.2, 0) is 11.2 Å². The van der Waals surface area contributed by atoms with Crippen molar-refractivity contribution < 1.29 is 9.18 Å². The fourth-order valence-electron chi connectivity index (χ4n) is 2.26. The average molecular weight is 337 g/mol. The van der Waals surface area contributed by atoms with E-state index in [1.54, 1.807) is 30.5 Å². The SMILES string of the molecule is O=C(Cc1c[nH]c2ccc(F)cc12)Nc1ccc(Cl)cc1Cl. The lowest BCUT2D eigenvalue weighted by atomic mass is 10.1. The Labute approximate surface area is 136 Å². The Morgan fingerprint density at radius 3 is 2.77 bits per heavy atom. The monoisotopic (exact) mass is 336 g/mol. The minimum Gasteiger partial charge on any atom is -0.361 e. The molecule has 6 heteroatoms. The van der Waals surface area contributed by atoms with E-state index in [1.165, 1.54) is 12.1 Å². The predicted molar refractivity (Wildman–Crippen MR) is 87.1 cm³/mol.